The molecule has 0 radical (unpaired) electrons. The van der Waals surface area contributed by atoms with Crippen molar-refractivity contribution < 1.29 is 9.47 Å². The van der Waals surface area contributed by atoms with Gasteiger partial charge in [-0.2, -0.15) is 4.73 Å². The maximum absolute atomic E-state index is 11.4. The molecule has 1 aliphatic carbocycles. The molecule has 0 aromatic carbocycles. The Labute approximate surface area is 113 Å². The third-order valence-electron chi connectivity index (χ3n) is 3.49. The van der Waals surface area contributed by atoms with E-state index in [0.29, 0.717) is 12.0 Å². The highest BCUT2D eigenvalue weighted by Gasteiger charge is 2.21. The zero-order valence-electron chi connectivity index (χ0n) is 10.9. The van der Waals surface area contributed by atoms with Gasteiger partial charge in [-0.25, -0.2) is 0 Å². The van der Waals surface area contributed by atoms with Crippen LogP contribution in [0.25, 0.3) is 0 Å². The van der Waals surface area contributed by atoms with Crippen LogP contribution in [0.15, 0.2) is 29.4 Å². The Morgan fingerprint density at radius 1 is 1.39 bits per heavy atom. The molecule has 3 nitrogen and oxygen atoms in total. The van der Waals surface area contributed by atoms with E-state index in [0.717, 1.165) is 22.1 Å². The molecule has 1 saturated carbocycles. The average Bonchev–Trinajstić information content (AvgIpc) is 2.38. The molecule has 4 heteroatoms. The van der Waals surface area contributed by atoms with Gasteiger partial charge >= 0.3 is 0 Å². The molecule has 18 heavy (non-hydrogen) atoms. The lowest BCUT2D eigenvalue weighted by atomic mass is 9.88. The summed E-state index contributed by atoms with van der Waals surface area (Å²) >= 11 is 1.56. The van der Waals surface area contributed by atoms with E-state index in [4.69, 9.17) is 4.74 Å². The lowest BCUT2D eigenvalue weighted by molar-refractivity contribution is -0.645. The fraction of sp³-hybridized carbons (Fsp3) is 0.643. The molecular weight excluding hydrogens is 246 g/mol. The zero-order valence-corrected chi connectivity index (χ0v) is 11.7. The summed E-state index contributed by atoms with van der Waals surface area (Å²) in [4.78, 5) is 0. The molecule has 1 fully saturated rings. The Morgan fingerprint density at radius 3 is 3.00 bits per heavy atom. The normalized spacial score (nSPS) is 24.1. The summed E-state index contributed by atoms with van der Waals surface area (Å²) in [5.74, 6) is 1.53. The van der Waals surface area contributed by atoms with Gasteiger partial charge in [0.15, 0.2) is 6.20 Å². The van der Waals surface area contributed by atoms with Crippen molar-refractivity contribution in [2.75, 3.05) is 12.4 Å². The van der Waals surface area contributed by atoms with Crippen molar-refractivity contribution in [3.63, 3.8) is 0 Å². The van der Waals surface area contributed by atoms with Gasteiger partial charge in [0.25, 0.3) is 5.03 Å². The number of pyridine rings is 1. The number of hydrogen-bond acceptors (Lipinski definition) is 3. The van der Waals surface area contributed by atoms with Gasteiger partial charge in [-0.15, -0.1) is 0 Å². The third-order valence-corrected chi connectivity index (χ3v) is 4.47. The van der Waals surface area contributed by atoms with Gasteiger partial charge in [0.2, 0.25) is 0 Å². The first-order valence-corrected chi connectivity index (χ1v) is 7.68. The molecule has 2 atom stereocenters. The van der Waals surface area contributed by atoms with E-state index in [2.05, 4.69) is 6.92 Å². The van der Waals surface area contributed by atoms with Crippen molar-refractivity contribution in [2.24, 2.45) is 5.92 Å². The van der Waals surface area contributed by atoms with Crippen LogP contribution in [0.3, 0.4) is 0 Å². The summed E-state index contributed by atoms with van der Waals surface area (Å²) in [6.45, 7) is 3.01. The molecule has 0 bridgehead atoms. The van der Waals surface area contributed by atoms with E-state index in [1.54, 1.807) is 17.8 Å². The predicted octanol–water partition coefficient (Wildman–Crippen LogP) is 3.01. The third kappa shape index (κ3) is 3.89. The van der Waals surface area contributed by atoms with E-state index in [1.165, 1.54) is 31.9 Å². The minimum Gasteiger partial charge on any atom is -0.618 e. The summed E-state index contributed by atoms with van der Waals surface area (Å²) in [5, 5.41) is 12.2. The van der Waals surface area contributed by atoms with E-state index >= 15 is 0 Å². The van der Waals surface area contributed by atoms with Gasteiger partial charge in [-0.05, 0) is 24.8 Å². The standard InChI is InChI=1S/C14H21NO2S/c1-12-6-2-3-7-13(12)17-10-11-18-14-8-4-5-9-15(14)16/h4-5,8-9,12-13H,2-3,6-7,10-11H2,1H3. The minimum absolute atomic E-state index is 0.425. The molecule has 0 aliphatic heterocycles. The number of nitrogens with zero attached hydrogens (tertiary/aromatic N) is 1. The van der Waals surface area contributed by atoms with Crippen molar-refractivity contribution in [1.29, 1.82) is 0 Å². The second kappa shape index (κ2) is 7.00. The maximum atomic E-state index is 11.4. The molecule has 1 heterocycles. The zero-order chi connectivity index (χ0) is 12.8. The number of aromatic nitrogens is 1. The summed E-state index contributed by atoms with van der Waals surface area (Å²) in [7, 11) is 0. The molecule has 0 saturated heterocycles. The maximum Gasteiger partial charge on any atom is 0.251 e. The number of hydrogen-bond donors (Lipinski definition) is 0. The highest BCUT2D eigenvalue weighted by atomic mass is 32.2. The average molecular weight is 267 g/mol. The van der Waals surface area contributed by atoms with Crippen LogP contribution in [0.4, 0.5) is 0 Å². The quantitative estimate of drug-likeness (QED) is 0.356. The number of ether oxygens (including phenoxy) is 1. The first-order chi connectivity index (χ1) is 8.77. The molecule has 2 unspecified atom stereocenters. The lowest BCUT2D eigenvalue weighted by Gasteiger charge is -2.28. The molecule has 1 aliphatic rings. The number of thioether (sulfide) groups is 1. The predicted molar refractivity (Wildman–Crippen MR) is 73.5 cm³/mol. The Bertz CT molecular complexity index is 373. The van der Waals surface area contributed by atoms with E-state index in [9.17, 15) is 5.21 Å². The van der Waals surface area contributed by atoms with Gasteiger partial charge in [0.05, 0.1) is 12.7 Å². The van der Waals surface area contributed by atoms with E-state index in [-0.39, 0.29) is 0 Å². The van der Waals surface area contributed by atoms with Crippen LogP contribution in [0.5, 0.6) is 0 Å². The van der Waals surface area contributed by atoms with Crippen LogP contribution < -0.4 is 4.73 Å². The second-order valence-corrected chi connectivity index (χ2v) is 6.00. The summed E-state index contributed by atoms with van der Waals surface area (Å²) in [6.07, 6.45) is 7.08. The topological polar surface area (TPSA) is 36.2 Å². The molecule has 0 spiro atoms. The van der Waals surface area contributed by atoms with Gasteiger partial charge in [0.1, 0.15) is 0 Å². The molecule has 100 valence electrons. The summed E-state index contributed by atoms with van der Waals surface area (Å²) in [5.41, 5.74) is 0. The van der Waals surface area contributed by atoms with E-state index < -0.39 is 0 Å². The first kappa shape index (κ1) is 13.7. The minimum atomic E-state index is 0.425. The largest absolute Gasteiger partial charge is 0.618 e. The van der Waals surface area contributed by atoms with Crippen molar-refractivity contribution in [1.82, 2.24) is 0 Å². The Hall–Kier alpha value is -0.740. The Kier molecular flexibility index (Phi) is 5.32. The van der Waals surface area contributed by atoms with Crippen LogP contribution in [0.2, 0.25) is 0 Å². The van der Waals surface area contributed by atoms with Gasteiger partial charge in [-0.3, -0.25) is 0 Å². The van der Waals surface area contributed by atoms with Crippen molar-refractivity contribution in [3.05, 3.63) is 29.6 Å². The Morgan fingerprint density at radius 2 is 2.22 bits per heavy atom. The fourth-order valence-corrected chi connectivity index (χ4v) is 3.15. The fourth-order valence-electron chi connectivity index (χ4n) is 2.40. The van der Waals surface area contributed by atoms with E-state index in [1.807, 2.05) is 12.1 Å². The summed E-state index contributed by atoms with van der Waals surface area (Å²) in [6, 6.07) is 5.49. The van der Waals surface area contributed by atoms with Crippen LogP contribution in [0, 0.1) is 11.1 Å². The highest BCUT2D eigenvalue weighted by molar-refractivity contribution is 7.99. The van der Waals surface area contributed by atoms with Crippen molar-refractivity contribution in [2.45, 2.75) is 43.7 Å². The van der Waals surface area contributed by atoms with Crippen molar-refractivity contribution >= 4 is 11.8 Å². The second-order valence-electron chi connectivity index (χ2n) is 4.88. The van der Waals surface area contributed by atoms with Crippen LogP contribution in [0.1, 0.15) is 32.6 Å². The van der Waals surface area contributed by atoms with Crippen LogP contribution >= 0.6 is 11.8 Å². The first-order valence-electron chi connectivity index (χ1n) is 6.70. The SMILES string of the molecule is CC1CCCCC1OCCSc1cccc[n+]1[O-]. The lowest BCUT2D eigenvalue weighted by Crippen LogP contribution is -2.28. The van der Waals surface area contributed by atoms with Crippen LogP contribution in [-0.2, 0) is 4.74 Å². The van der Waals surface area contributed by atoms with Gasteiger partial charge in [0, 0.05) is 17.9 Å². The van der Waals surface area contributed by atoms with Crippen LogP contribution in [-0.4, -0.2) is 18.5 Å². The molecule has 0 N–H and O–H groups in total. The van der Waals surface area contributed by atoms with Gasteiger partial charge < -0.3 is 9.94 Å². The smallest absolute Gasteiger partial charge is 0.251 e. The summed E-state index contributed by atoms with van der Waals surface area (Å²) < 4.78 is 6.84. The number of rotatable bonds is 5. The monoisotopic (exact) mass is 267 g/mol. The highest BCUT2D eigenvalue weighted by Crippen LogP contribution is 2.26. The molecule has 1 aromatic heterocycles. The van der Waals surface area contributed by atoms with Gasteiger partial charge in [-0.1, -0.05) is 31.5 Å². The molecule has 1 aromatic rings. The molecular formula is C14H21NO2S. The molecule has 0 amide bonds. The Balaban J connectivity index is 1.68. The van der Waals surface area contributed by atoms with Crippen molar-refractivity contribution in [3.8, 4) is 0 Å². The molecule has 2 rings (SSSR count).